The molecule has 6 nitrogen and oxygen atoms in total. The van der Waals surface area contributed by atoms with Gasteiger partial charge in [0.1, 0.15) is 0 Å². The number of amides is 1. The van der Waals surface area contributed by atoms with Gasteiger partial charge in [-0.1, -0.05) is 6.07 Å². The zero-order valence-corrected chi connectivity index (χ0v) is 20.9. The summed E-state index contributed by atoms with van der Waals surface area (Å²) in [6.07, 6.45) is 3.27. The fraction of sp³-hybridized carbons (Fsp3) is 0.708. The van der Waals surface area contributed by atoms with Crippen molar-refractivity contribution in [3.05, 3.63) is 23.8 Å². The Hall–Kier alpha value is -1.34. The molecule has 0 spiro atoms. The van der Waals surface area contributed by atoms with Gasteiger partial charge < -0.3 is 23.5 Å². The molecule has 0 aromatic heterocycles. The first-order chi connectivity index (χ1) is 14.7. The molecule has 0 radical (unpaired) electrons. The standard InChI is InChI=1S/C24H37B2NO5/c1-21(2)22(3,4)30-25(29-21)18-14-17(20(28)27-12-10-9-11-13-27)15-19(16-18)26-31-23(5,6)24(7,8)32-26/h14-16H,9-13H2,1-8H3. The van der Waals surface area contributed by atoms with Crippen LogP contribution < -0.4 is 10.9 Å². The van der Waals surface area contributed by atoms with E-state index < -0.39 is 36.6 Å². The Bertz CT molecular complexity index is 806. The van der Waals surface area contributed by atoms with E-state index in [1.807, 2.05) is 78.5 Å². The molecule has 1 aromatic rings. The SMILES string of the molecule is CC1(C)OB(c2cc(B3OC(C)(C)C(C)(C)O3)cc(C(=O)N3CCCCC3)c2)OC1(C)C. The average molecular weight is 441 g/mol. The molecular formula is C24H37B2NO5. The molecular weight excluding hydrogens is 404 g/mol. The molecule has 4 rings (SSSR count). The van der Waals surface area contributed by atoms with E-state index in [2.05, 4.69) is 0 Å². The van der Waals surface area contributed by atoms with Gasteiger partial charge in [0.2, 0.25) is 0 Å². The molecule has 3 heterocycles. The summed E-state index contributed by atoms with van der Waals surface area (Å²) in [5.41, 5.74) is 0.407. The zero-order chi connectivity index (χ0) is 23.5. The van der Waals surface area contributed by atoms with Crippen molar-refractivity contribution in [1.82, 2.24) is 4.90 Å². The first-order valence-corrected chi connectivity index (χ1v) is 11.9. The number of hydrogen-bond acceptors (Lipinski definition) is 5. The Morgan fingerprint density at radius 1 is 0.688 bits per heavy atom. The number of carbonyl (C=O) groups excluding carboxylic acids is 1. The summed E-state index contributed by atoms with van der Waals surface area (Å²) in [6, 6.07) is 5.82. The van der Waals surface area contributed by atoms with Crippen LogP contribution in [0.5, 0.6) is 0 Å². The fourth-order valence-electron chi connectivity index (χ4n) is 4.31. The van der Waals surface area contributed by atoms with Gasteiger partial charge in [-0.3, -0.25) is 4.79 Å². The van der Waals surface area contributed by atoms with Gasteiger partial charge >= 0.3 is 14.2 Å². The van der Waals surface area contributed by atoms with Crippen molar-refractivity contribution in [3.63, 3.8) is 0 Å². The topological polar surface area (TPSA) is 57.2 Å². The summed E-state index contributed by atoms with van der Waals surface area (Å²) in [6.45, 7) is 17.9. The summed E-state index contributed by atoms with van der Waals surface area (Å²) >= 11 is 0. The zero-order valence-electron chi connectivity index (χ0n) is 20.9. The van der Waals surface area contributed by atoms with Gasteiger partial charge in [0.15, 0.2) is 0 Å². The third-order valence-corrected chi connectivity index (χ3v) is 7.92. The summed E-state index contributed by atoms with van der Waals surface area (Å²) in [7, 11) is -1.12. The maximum atomic E-state index is 13.4. The second kappa shape index (κ2) is 7.86. The lowest BCUT2D eigenvalue weighted by atomic mass is 9.71. The average Bonchev–Trinajstić information content (AvgIpc) is 3.07. The van der Waals surface area contributed by atoms with Crippen molar-refractivity contribution in [1.29, 1.82) is 0 Å². The number of nitrogens with zero attached hydrogens (tertiary/aromatic N) is 1. The molecule has 0 aliphatic carbocycles. The second-order valence-electron chi connectivity index (χ2n) is 11.4. The molecule has 3 saturated heterocycles. The van der Waals surface area contributed by atoms with Gasteiger partial charge in [0.25, 0.3) is 5.91 Å². The van der Waals surface area contributed by atoms with Crippen LogP contribution >= 0.6 is 0 Å². The van der Waals surface area contributed by atoms with Crippen LogP contribution in [0.4, 0.5) is 0 Å². The van der Waals surface area contributed by atoms with Crippen LogP contribution in [0.15, 0.2) is 18.2 Å². The van der Waals surface area contributed by atoms with Crippen molar-refractivity contribution >= 4 is 31.1 Å². The van der Waals surface area contributed by atoms with Gasteiger partial charge in [0.05, 0.1) is 22.4 Å². The van der Waals surface area contributed by atoms with Gasteiger partial charge in [-0.25, -0.2) is 0 Å². The summed E-state index contributed by atoms with van der Waals surface area (Å²) < 4.78 is 25.2. The Morgan fingerprint density at radius 3 is 1.44 bits per heavy atom. The summed E-state index contributed by atoms with van der Waals surface area (Å²) in [5.74, 6) is 0.0424. The van der Waals surface area contributed by atoms with Crippen molar-refractivity contribution in [2.75, 3.05) is 13.1 Å². The number of benzene rings is 1. The highest BCUT2D eigenvalue weighted by Crippen LogP contribution is 2.38. The van der Waals surface area contributed by atoms with E-state index in [9.17, 15) is 4.79 Å². The van der Waals surface area contributed by atoms with Crippen molar-refractivity contribution in [2.45, 2.75) is 97.1 Å². The van der Waals surface area contributed by atoms with E-state index in [-0.39, 0.29) is 5.91 Å². The highest BCUT2D eigenvalue weighted by Gasteiger charge is 2.54. The quantitative estimate of drug-likeness (QED) is 0.676. The predicted molar refractivity (Wildman–Crippen MR) is 128 cm³/mol. The van der Waals surface area contributed by atoms with Crippen LogP contribution in [0.3, 0.4) is 0 Å². The number of likely N-dealkylation sites (tertiary alicyclic amines) is 1. The molecule has 1 aromatic carbocycles. The highest BCUT2D eigenvalue weighted by molar-refractivity contribution is 6.66. The van der Waals surface area contributed by atoms with Crippen molar-refractivity contribution in [2.24, 2.45) is 0 Å². The van der Waals surface area contributed by atoms with Crippen LogP contribution in [0.1, 0.15) is 85.0 Å². The van der Waals surface area contributed by atoms with Crippen LogP contribution in [0, 0.1) is 0 Å². The molecule has 0 unspecified atom stereocenters. The van der Waals surface area contributed by atoms with Crippen LogP contribution in [0.2, 0.25) is 0 Å². The fourth-order valence-corrected chi connectivity index (χ4v) is 4.31. The number of rotatable bonds is 3. The predicted octanol–water partition coefficient (Wildman–Crippen LogP) is 2.91. The maximum absolute atomic E-state index is 13.4. The van der Waals surface area contributed by atoms with E-state index in [0.717, 1.165) is 36.9 Å². The smallest absolute Gasteiger partial charge is 0.399 e. The normalized spacial score (nSPS) is 25.9. The molecule has 3 aliphatic rings. The van der Waals surface area contributed by atoms with Gasteiger partial charge in [-0.15, -0.1) is 0 Å². The third kappa shape index (κ3) is 4.15. The minimum Gasteiger partial charge on any atom is -0.399 e. The molecule has 3 fully saturated rings. The molecule has 1 amide bonds. The van der Waals surface area contributed by atoms with E-state index in [1.165, 1.54) is 6.42 Å². The van der Waals surface area contributed by atoms with Gasteiger partial charge in [-0.05, 0) is 97.7 Å². The lowest BCUT2D eigenvalue weighted by Gasteiger charge is -2.32. The lowest BCUT2D eigenvalue weighted by Crippen LogP contribution is -2.43. The first kappa shape index (κ1) is 23.8. The second-order valence-corrected chi connectivity index (χ2v) is 11.4. The minimum atomic E-state index is -0.560. The van der Waals surface area contributed by atoms with Crippen LogP contribution in [-0.2, 0) is 18.6 Å². The molecule has 174 valence electrons. The molecule has 0 bridgehead atoms. The van der Waals surface area contributed by atoms with Gasteiger partial charge in [-0.2, -0.15) is 0 Å². The first-order valence-electron chi connectivity index (χ1n) is 11.9. The van der Waals surface area contributed by atoms with Crippen molar-refractivity contribution in [3.8, 4) is 0 Å². The third-order valence-electron chi connectivity index (χ3n) is 7.92. The molecule has 3 aliphatic heterocycles. The highest BCUT2D eigenvalue weighted by atomic mass is 16.7. The Balaban J connectivity index is 1.72. The lowest BCUT2D eigenvalue weighted by molar-refractivity contribution is 0.00578. The Morgan fingerprint density at radius 2 is 1.06 bits per heavy atom. The van der Waals surface area contributed by atoms with Crippen molar-refractivity contribution < 1.29 is 23.4 Å². The van der Waals surface area contributed by atoms with E-state index >= 15 is 0 Å². The van der Waals surface area contributed by atoms with Gasteiger partial charge in [0, 0.05) is 18.7 Å². The van der Waals surface area contributed by atoms with E-state index in [4.69, 9.17) is 18.6 Å². The molecule has 8 heteroatoms. The molecule has 0 atom stereocenters. The summed E-state index contributed by atoms with van der Waals surface area (Å²) in [5, 5.41) is 0. The minimum absolute atomic E-state index is 0.0424. The van der Waals surface area contributed by atoms with Crippen LogP contribution in [0.25, 0.3) is 0 Å². The maximum Gasteiger partial charge on any atom is 0.494 e. The largest absolute Gasteiger partial charge is 0.494 e. The van der Waals surface area contributed by atoms with E-state index in [0.29, 0.717) is 5.56 Å². The summed E-state index contributed by atoms with van der Waals surface area (Å²) in [4.78, 5) is 15.4. The Kier molecular flexibility index (Phi) is 5.85. The number of carbonyl (C=O) groups is 1. The van der Waals surface area contributed by atoms with E-state index in [1.54, 1.807) is 0 Å². The van der Waals surface area contributed by atoms with Crippen LogP contribution in [-0.4, -0.2) is 60.5 Å². The Labute approximate surface area is 193 Å². The molecule has 0 saturated carbocycles. The molecule has 32 heavy (non-hydrogen) atoms. The number of piperidine rings is 1. The monoisotopic (exact) mass is 441 g/mol. The number of hydrogen-bond donors (Lipinski definition) is 0. The molecule has 0 N–H and O–H groups in total.